The largest absolute Gasteiger partial charge is 0.340 e. The average molecular weight is 374 g/mol. The van der Waals surface area contributed by atoms with E-state index in [4.69, 9.17) is 0 Å². The van der Waals surface area contributed by atoms with Crippen molar-refractivity contribution in [2.45, 2.75) is 39.2 Å². The van der Waals surface area contributed by atoms with Crippen molar-refractivity contribution in [1.82, 2.24) is 20.4 Å². The molecule has 1 aliphatic rings. The number of amides is 4. The van der Waals surface area contributed by atoms with E-state index < -0.39 is 12.1 Å². The summed E-state index contributed by atoms with van der Waals surface area (Å²) < 4.78 is 0. The minimum atomic E-state index is -0.474. The Hall–Kier alpha value is -2.41. The third kappa shape index (κ3) is 6.06. The zero-order valence-electron chi connectivity index (χ0n) is 16.4. The van der Waals surface area contributed by atoms with E-state index in [1.807, 2.05) is 40.1 Å². The first kappa shape index (κ1) is 20.9. The summed E-state index contributed by atoms with van der Waals surface area (Å²) in [5, 5.41) is 4.89. The van der Waals surface area contributed by atoms with Gasteiger partial charge in [-0.1, -0.05) is 37.3 Å². The van der Waals surface area contributed by atoms with Gasteiger partial charge in [-0.25, -0.2) is 4.79 Å². The molecular formula is C20H30N4O3. The molecule has 2 N–H and O–H groups in total. The normalized spacial score (nSPS) is 17.1. The van der Waals surface area contributed by atoms with Crippen molar-refractivity contribution in [3.8, 4) is 0 Å². The van der Waals surface area contributed by atoms with Crippen LogP contribution in [0.4, 0.5) is 4.79 Å². The second kappa shape index (κ2) is 10.1. The molecule has 4 amide bonds. The van der Waals surface area contributed by atoms with Gasteiger partial charge in [-0.15, -0.1) is 0 Å². The van der Waals surface area contributed by atoms with Crippen molar-refractivity contribution < 1.29 is 14.4 Å². The molecule has 27 heavy (non-hydrogen) atoms. The summed E-state index contributed by atoms with van der Waals surface area (Å²) in [6.07, 6.45) is 0.483. The molecule has 2 rings (SSSR count). The van der Waals surface area contributed by atoms with Crippen LogP contribution in [-0.4, -0.2) is 66.4 Å². The molecule has 1 aromatic carbocycles. The van der Waals surface area contributed by atoms with Crippen LogP contribution in [-0.2, 0) is 9.59 Å². The summed E-state index contributed by atoms with van der Waals surface area (Å²) in [6.45, 7) is 8.54. The van der Waals surface area contributed by atoms with Crippen molar-refractivity contribution in [3.63, 3.8) is 0 Å². The number of nitrogens with zero attached hydrogens (tertiary/aromatic N) is 2. The third-order valence-electron chi connectivity index (χ3n) is 5.02. The zero-order valence-corrected chi connectivity index (χ0v) is 16.4. The summed E-state index contributed by atoms with van der Waals surface area (Å²) in [7, 11) is 0. The maximum atomic E-state index is 12.6. The quantitative estimate of drug-likeness (QED) is 0.792. The first-order valence-corrected chi connectivity index (χ1v) is 9.57. The number of carbonyl (C=O) groups is 3. The molecule has 0 spiro atoms. The second-order valence-corrected chi connectivity index (χ2v) is 6.96. The van der Waals surface area contributed by atoms with Gasteiger partial charge >= 0.3 is 6.03 Å². The van der Waals surface area contributed by atoms with Crippen LogP contribution >= 0.6 is 0 Å². The van der Waals surface area contributed by atoms with Crippen molar-refractivity contribution in [1.29, 1.82) is 0 Å². The minimum Gasteiger partial charge on any atom is -0.340 e. The fourth-order valence-corrected chi connectivity index (χ4v) is 3.24. The maximum absolute atomic E-state index is 12.6. The number of hydrogen-bond acceptors (Lipinski definition) is 4. The summed E-state index contributed by atoms with van der Waals surface area (Å²) in [6, 6.07) is 9.16. The van der Waals surface area contributed by atoms with Crippen molar-refractivity contribution in [3.05, 3.63) is 35.9 Å². The van der Waals surface area contributed by atoms with E-state index in [-0.39, 0.29) is 17.7 Å². The number of imide groups is 1. The Labute approximate surface area is 161 Å². The lowest BCUT2D eigenvalue weighted by Gasteiger charge is -2.37. The highest BCUT2D eigenvalue weighted by molar-refractivity contribution is 5.96. The molecule has 1 heterocycles. The zero-order chi connectivity index (χ0) is 19.8. The van der Waals surface area contributed by atoms with Crippen LogP contribution in [0, 0.1) is 0 Å². The van der Waals surface area contributed by atoms with Gasteiger partial charge in [-0.3, -0.25) is 19.8 Å². The van der Waals surface area contributed by atoms with E-state index >= 15 is 0 Å². The molecule has 0 unspecified atom stereocenters. The lowest BCUT2D eigenvalue weighted by Crippen LogP contribution is -2.56. The van der Waals surface area contributed by atoms with Gasteiger partial charge in [0.2, 0.25) is 11.8 Å². The van der Waals surface area contributed by atoms with Crippen LogP contribution < -0.4 is 10.6 Å². The molecule has 0 aromatic heterocycles. The average Bonchev–Trinajstić information content (AvgIpc) is 2.68. The van der Waals surface area contributed by atoms with Crippen molar-refractivity contribution in [2.24, 2.45) is 0 Å². The highest BCUT2D eigenvalue weighted by Crippen LogP contribution is 2.20. The molecule has 0 radical (unpaired) electrons. The molecule has 1 saturated heterocycles. The Morgan fingerprint density at radius 2 is 1.67 bits per heavy atom. The van der Waals surface area contributed by atoms with Crippen LogP contribution in [0.1, 0.15) is 38.7 Å². The van der Waals surface area contributed by atoms with Crippen LogP contribution in [0.3, 0.4) is 0 Å². The SMILES string of the molecule is CCNC(=O)NC(=O)[C@@H](C)N1CCN(C(=O)C[C@@H](C)c2ccccc2)CC1. The van der Waals surface area contributed by atoms with E-state index in [0.717, 1.165) is 0 Å². The second-order valence-electron chi connectivity index (χ2n) is 6.96. The van der Waals surface area contributed by atoms with E-state index in [0.29, 0.717) is 39.1 Å². The fraction of sp³-hybridized carbons (Fsp3) is 0.550. The number of urea groups is 1. The predicted octanol–water partition coefficient (Wildman–Crippen LogP) is 1.56. The van der Waals surface area contributed by atoms with Gasteiger partial charge in [0.25, 0.3) is 0 Å². The van der Waals surface area contributed by atoms with Crippen LogP contribution in [0.5, 0.6) is 0 Å². The van der Waals surface area contributed by atoms with Crippen LogP contribution in [0.25, 0.3) is 0 Å². The Morgan fingerprint density at radius 1 is 1.04 bits per heavy atom. The van der Waals surface area contributed by atoms with Crippen molar-refractivity contribution in [2.75, 3.05) is 32.7 Å². The molecule has 7 nitrogen and oxygen atoms in total. The Kier molecular flexibility index (Phi) is 7.79. The van der Waals surface area contributed by atoms with Crippen LogP contribution in [0.2, 0.25) is 0 Å². The molecule has 7 heteroatoms. The van der Waals surface area contributed by atoms with Crippen LogP contribution in [0.15, 0.2) is 30.3 Å². The van der Waals surface area contributed by atoms with Gasteiger partial charge in [0.15, 0.2) is 0 Å². The lowest BCUT2D eigenvalue weighted by atomic mass is 9.97. The van der Waals surface area contributed by atoms with E-state index in [9.17, 15) is 14.4 Å². The molecule has 0 saturated carbocycles. The van der Waals surface area contributed by atoms with Gasteiger partial charge < -0.3 is 10.2 Å². The third-order valence-corrected chi connectivity index (χ3v) is 5.02. The van der Waals surface area contributed by atoms with Gasteiger partial charge in [0, 0.05) is 39.1 Å². The highest BCUT2D eigenvalue weighted by Gasteiger charge is 2.28. The Morgan fingerprint density at radius 3 is 2.26 bits per heavy atom. The molecule has 1 aliphatic heterocycles. The predicted molar refractivity (Wildman–Crippen MR) is 104 cm³/mol. The molecular weight excluding hydrogens is 344 g/mol. The lowest BCUT2D eigenvalue weighted by molar-refractivity contribution is -0.134. The number of benzene rings is 1. The smallest absolute Gasteiger partial charge is 0.321 e. The van der Waals surface area contributed by atoms with Crippen molar-refractivity contribution >= 4 is 17.8 Å². The van der Waals surface area contributed by atoms with E-state index in [1.54, 1.807) is 13.8 Å². The summed E-state index contributed by atoms with van der Waals surface area (Å²) in [4.78, 5) is 40.1. The molecule has 2 atom stereocenters. The highest BCUT2D eigenvalue weighted by atomic mass is 16.2. The standard InChI is InChI=1S/C20H30N4O3/c1-4-21-20(27)22-19(26)16(3)23-10-12-24(13-11-23)18(25)14-15(2)17-8-6-5-7-9-17/h5-9,15-16H,4,10-14H2,1-3H3,(H2,21,22,26,27)/t15-,16-/m1/s1. The minimum absolute atomic E-state index is 0.144. The van der Waals surface area contributed by atoms with Gasteiger partial charge in [-0.05, 0) is 25.3 Å². The number of rotatable bonds is 6. The molecule has 1 aromatic rings. The Balaban J connectivity index is 1.79. The van der Waals surface area contributed by atoms with E-state index in [2.05, 4.69) is 17.6 Å². The first-order chi connectivity index (χ1) is 12.9. The van der Waals surface area contributed by atoms with Gasteiger partial charge in [-0.2, -0.15) is 0 Å². The summed E-state index contributed by atoms with van der Waals surface area (Å²) >= 11 is 0. The number of nitrogens with one attached hydrogen (secondary N) is 2. The molecule has 1 fully saturated rings. The molecule has 148 valence electrons. The number of piperazine rings is 1. The fourth-order valence-electron chi connectivity index (χ4n) is 3.24. The Bertz CT molecular complexity index is 642. The molecule has 0 aliphatic carbocycles. The first-order valence-electron chi connectivity index (χ1n) is 9.57. The van der Waals surface area contributed by atoms with Gasteiger partial charge in [0.1, 0.15) is 0 Å². The summed E-state index contributed by atoms with van der Waals surface area (Å²) in [5.41, 5.74) is 1.17. The van der Waals surface area contributed by atoms with E-state index in [1.165, 1.54) is 5.56 Å². The number of carbonyl (C=O) groups excluding carboxylic acids is 3. The number of hydrogen-bond donors (Lipinski definition) is 2. The monoisotopic (exact) mass is 374 g/mol. The van der Waals surface area contributed by atoms with Gasteiger partial charge in [0.05, 0.1) is 6.04 Å². The summed E-state index contributed by atoms with van der Waals surface area (Å²) in [5.74, 6) is 0.00219. The topological polar surface area (TPSA) is 81.8 Å². The molecule has 0 bridgehead atoms. The maximum Gasteiger partial charge on any atom is 0.321 e.